The van der Waals surface area contributed by atoms with Gasteiger partial charge in [0.1, 0.15) is 11.1 Å². The summed E-state index contributed by atoms with van der Waals surface area (Å²) in [6.07, 6.45) is 9.17. The Balaban J connectivity index is 1.28. The summed E-state index contributed by atoms with van der Waals surface area (Å²) in [5.74, 6) is 0.816. The highest BCUT2D eigenvalue weighted by Gasteiger charge is 2.43. The maximum atomic E-state index is 13.3. The molecule has 3 atom stereocenters. The quantitative estimate of drug-likeness (QED) is 0.466. The molecule has 1 amide bonds. The summed E-state index contributed by atoms with van der Waals surface area (Å²) in [6.45, 7) is 1.19. The third-order valence-electron chi connectivity index (χ3n) is 7.21. The van der Waals surface area contributed by atoms with Gasteiger partial charge in [-0.1, -0.05) is 0 Å². The molecule has 0 aromatic carbocycles. The van der Waals surface area contributed by atoms with Crippen molar-refractivity contribution in [1.29, 1.82) is 0 Å². The van der Waals surface area contributed by atoms with Gasteiger partial charge >= 0.3 is 0 Å². The molecule has 3 fully saturated rings. The highest BCUT2D eigenvalue weighted by Crippen LogP contribution is 2.43. The second kappa shape index (κ2) is 7.71. The molecule has 1 saturated heterocycles. The number of pyridine rings is 2. The summed E-state index contributed by atoms with van der Waals surface area (Å²) in [5, 5.41) is 13.5. The summed E-state index contributed by atoms with van der Waals surface area (Å²) in [7, 11) is 0. The maximum Gasteiger partial charge on any atom is 0.263 e. The number of hydrogen-bond donors (Lipinski definition) is 4. The Kier molecular flexibility index (Phi) is 4.77. The summed E-state index contributed by atoms with van der Waals surface area (Å²) in [5.41, 5.74) is 16.1. The molecule has 3 aliphatic rings. The van der Waals surface area contributed by atoms with E-state index in [0.29, 0.717) is 41.7 Å². The van der Waals surface area contributed by atoms with Gasteiger partial charge in [0.15, 0.2) is 5.58 Å². The SMILES string of the molecule is Nc1oc2cc(C3CC3)cnc2c1C(=O)Nc1cnccc1N1C[C@@H](N)[C@H](O)[C@@H](C2CC2)C1. The maximum absolute atomic E-state index is 13.3. The van der Waals surface area contributed by atoms with Gasteiger partial charge < -0.3 is 31.2 Å². The standard InChI is InChI=1S/C24H28N6O3/c25-16-11-30(10-15(22(16)31)13-3-4-13)18-5-6-27-9-17(18)29-24(32)20-21-19(33-23(20)26)7-14(8-28-21)12-1-2-12/h5-9,12-13,15-16,22,31H,1-4,10-11,25-26H2,(H,29,32)/t15-,16-,22-/m1/s1. The first kappa shape index (κ1) is 20.4. The van der Waals surface area contributed by atoms with Gasteiger partial charge in [0.05, 0.1) is 23.7 Å². The van der Waals surface area contributed by atoms with Crippen LogP contribution in [0.3, 0.4) is 0 Å². The van der Waals surface area contributed by atoms with E-state index in [2.05, 4.69) is 20.2 Å². The van der Waals surface area contributed by atoms with Gasteiger partial charge in [-0.3, -0.25) is 14.8 Å². The van der Waals surface area contributed by atoms with E-state index in [1.807, 2.05) is 12.1 Å². The lowest BCUT2D eigenvalue weighted by molar-refractivity contribution is 0.0594. The Labute approximate surface area is 191 Å². The number of aromatic nitrogens is 2. The molecule has 4 heterocycles. The van der Waals surface area contributed by atoms with Crippen LogP contribution in [-0.2, 0) is 0 Å². The van der Waals surface area contributed by atoms with Crippen molar-refractivity contribution in [2.45, 2.75) is 43.7 Å². The van der Waals surface area contributed by atoms with E-state index in [1.165, 1.54) is 0 Å². The number of piperidine rings is 1. The predicted octanol–water partition coefficient (Wildman–Crippen LogP) is 2.47. The summed E-state index contributed by atoms with van der Waals surface area (Å²) in [6, 6.07) is 3.45. The van der Waals surface area contributed by atoms with Crippen LogP contribution in [0.5, 0.6) is 0 Å². The molecule has 6 rings (SSSR count). The molecule has 0 radical (unpaired) electrons. The minimum Gasteiger partial charge on any atom is -0.438 e. The van der Waals surface area contributed by atoms with Crippen molar-refractivity contribution in [3.63, 3.8) is 0 Å². The number of carbonyl (C=O) groups excluding carboxylic acids is 1. The number of aliphatic hydroxyl groups is 1. The number of aliphatic hydroxyl groups excluding tert-OH is 1. The first-order valence-electron chi connectivity index (χ1n) is 11.6. The highest BCUT2D eigenvalue weighted by molar-refractivity contribution is 6.15. The van der Waals surface area contributed by atoms with E-state index in [1.54, 1.807) is 18.6 Å². The van der Waals surface area contributed by atoms with Crippen LogP contribution < -0.4 is 21.7 Å². The van der Waals surface area contributed by atoms with Crippen molar-refractivity contribution in [2.75, 3.05) is 29.0 Å². The van der Waals surface area contributed by atoms with Crippen molar-refractivity contribution in [3.8, 4) is 0 Å². The zero-order valence-electron chi connectivity index (χ0n) is 18.3. The lowest BCUT2D eigenvalue weighted by Gasteiger charge is -2.42. The molecule has 172 valence electrons. The zero-order chi connectivity index (χ0) is 22.7. The Hall–Kier alpha value is -3.17. The average molecular weight is 449 g/mol. The molecule has 0 unspecified atom stereocenters. The van der Waals surface area contributed by atoms with Gasteiger partial charge in [-0.05, 0) is 55.2 Å². The van der Waals surface area contributed by atoms with Crippen LogP contribution in [0, 0.1) is 11.8 Å². The van der Waals surface area contributed by atoms with Gasteiger partial charge in [-0.2, -0.15) is 0 Å². The molecule has 9 heteroatoms. The monoisotopic (exact) mass is 448 g/mol. The molecule has 33 heavy (non-hydrogen) atoms. The zero-order valence-corrected chi connectivity index (χ0v) is 18.3. The Bertz CT molecular complexity index is 1220. The Morgan fingerprint density at radius 1 is 1.21 bits per heavy atom. The number of nitrogens with zero attached hydrogens (tertiary/aromatic N) is 3. The van der Waals surface area contributed by atoms with E-state index in [9.17, 15) is 9.90 Å². The number of rotatable bonds is 5. The number of carbonyl (C=O) groups is 1. The molecule has 9 nitrogen and oxygen atoms in total. The molecular formula is C24H28N6O3. The van der Waals surface area contributed by atoms with Crippen LogP contribution in [0.2, 0.25) is 0 Å². The number of amides is 1. The highest BCUT2D eigenvalue weighted by atomic mass is 16.3. The largest absolute Gasteiger partial charge is 0.438 e. The fraction of sp³-hybridized carbons (Fsp3) is 0.458. The Morgan fingerprint density at radius 2 is 2.03 bits per heavy atom. The van der Waals surface area contributed by atoms with Crippen molar-refractivity contribution in [1.82, 2.24) is 9.97 Å². The molecule has 1 aliphatic heterocycles. The predicted molar refractivity (Wildman–Crippen MR) is 125 cm³/mol. The topological polar surface area (TPSA) is 144 Å². The number of anilines is 3. The number of nitrogens with one attached hydrogen (secondary N) is 1. The van der Waals surface area contributed by atoms with Crippen LogP contribution in [-0.4, -0.2) is 46.2 Å². The van der Waals surface area contributed by atoms with Gasteiger partial charge in [-0.25, -0.2) is 0 Å². The van der Waals surface area contributed by atoms with Crippen molar-refractivity contribution >= 4 is 34.3 Å². The average Bonchev–Trinajstić information content (AvgIpc) is 3.71. The first-order valence-corrected chi connectivity index (χ1v) is 11.6. The molecule has 0 spiro atoms. The van der Waals surface area contributed by atoms with Crippen molar-refractivity contribution in [2.24, 2.45) is 17.6 Å². The third kappa shape index (κ3) is 3.71. The van der Waals surface area contributed by atoms with Crippen LogP contribution in [0.1, 0.15) is 47.5 Å². The summed E-state index contributed by atoms with van der Waals surface area (Å²) >= 11 is 0. The van der Waals surface area contributed by atoms with Gasteiger partial charge in [-0.15, -0.1) is 0 Å². The molecular weight excluding hydrogens is 420 g/mol. The molecule has 2 aliphatic carbocycles. The lowest BCUT2D eigenvalue weighted by atomic mass is 9.87. The minimum atomic E-state index is -0.502. The van der Waals surface area contributed by atoms with Gasteiger partial charge in [0, 0.05) is 37.4 Å². The fourth-order valence-corrected chi connectivity index (χ4v) is 5.08. The van der Waals surface area contributed by atoms with E-state index < -0.39 is 12.0 Å². The number of hydrogen-bond acceptors (Lipinski definition) is 8. The van der Waals surface area contributed by atoms with Crippen LogP contribution in [0.25, 0.3) is 11.1 Å². The molecule has 0 bridgehead atoms. The van der Waals surface area contributed by atoms with Gasteiger partial charge in [0.25, 0.3) is 5.91 Å². The van der Waals surface area contributed by atoms with Crippen LogP contribution in [0.4, 0.5) is 17.3 Å². The number of nitrogen functional groups attached to an aromatic ring is 1. The smallest absolute Gasteiger partial charge is 0.263 e. The van der Waals surface area contributed by atoms with Crippen LogP contribution >= 0.6 is 0 Å². The number of nitrogens with two attached hydrogens (primary N) is 2. The third-order valence-corrected chi connectivity index (χ3v) is 7.21. The number of furan rings is 1. The molecule has 3 aromatic heterocycles. The summed E-state index contributed by atoms with van der Waals surface area (Å²) < 4.78 is 5.68. The number of fused-ring (bicyclic) bond motifs is 1. The lowest BCUT2D eigenvalue weighted by Crippen LogP contribution is -2.57. The van der Waals surface area contributed by atoms with Crippen molar-refractivity contribution in [3.05, 3.63) is 41.9 Å². The van der Waals surface area contributed by atoms with Crippen LogP contribution in [0.15, 0.2) is 35.1 Å². The molecule has 2 saturated carbocycles. The molecule has 3 aromatic rings. The Morgan fingerprint density at radius 3 is 2.79 bits per heavy atom. The van der Waals surface area contributed by atoms with Crippen molar-refractivity contribution < 1.29 is 14.3 Å². The van der Waals surface area contributed by atoms with E-state index in [4.69, 9.17) is 15.9 Å². The van der Waals surface area contributed by atoms with E-state index in [-0.39, 0.29) is 23.4 Å². The van der Waals surface area contributed by atoms with E-state index in [0.717, 1.165) is 36.9 Å². The van der Waals surface area contributed by atoms with E-state index >= 15 is 0 Å². The van der Waals surface area contributed by atoms with Gasteiger partial charge in [0.2, 0.25) is 5.88 Å². The molecule has 6 N–H and O–H groups in total. The fourth-order valence-electron chi connectivity index (χ4n) is 5.08. The second-order valence-corrected chi connectivity index (χ2v) is 9.64. The first-order chi connectivity index (χ1) is 16.0. The second-order valence-electron chi connectivity index (χ2n) is 9.64. The normalized spacial score (nSPS) is 25.4. The minimum absolute atomic E-state index is 0.0466. The summed E-state index contributed by atoms with van der Waals surface area (Å²) in [4.78, 5) is 24.1.